The van der Waals surface area contributed by atoms with E-state index in [-0.39, 0.29) is 11.5 Å². The van der Waals surface area contributed by atoms with Gasteiger partial charge in [-0.25, -0.2) is 9.78 Å². The summed E-state index contributed by atoms with van der Waals surface area (Å²) in [4.78, 5) is 42.1. The Morgan fingerprint density at radius 2 is 1.72 bits per heavy atom. The molecule has 0 fully saturated rings. The summed E-state index contributed by atoms with van der Waals surface area (Å²) in [5, 5.41) is 12.6. The van der Waals surface area contributed by atoms with E-state index in [4.69, 9.17) is 0 Å². The minimum absolute atomic E-state index is 0.101. The van der Waals surface area contributed by atoms with Gasteiger partial charge in [0.05, 0.1) is 17.2 Å². The molecule has 150 valence electrons. The Morgan fingerprint density at radius 3 is 2.38 bits per heavy atom. The van der Waals surface area contributed by atoms with E-state index >= 15 is 0 Å². The van der Waals surface area contributed by atoms with Gasteiger partial charge < -0.3 is 10.4 Å². The first-order valence-corrected chi connectivity index (χ1v) is 9.42. The molecule has 0 saturated carbocycles. The van der Waals surface area contributed by atoms with Crippen LogP contribution in [0.4, 0.5) is 0 Å². The number of hydrogen-bond acceptors (Lipinski definition) is 4. The lowest BCUT2D eigenvalue weighted by Gasteiger charge is -2.23. The molecule has 29 heavy (non-hydrogen) atoms. The van der Waals surface area contributed by atoms with Crippen molar-refractivity contribution in [1.82, 2.24) is 14.9 Å². The van der Waals surface area contributed by atoms with Crippen molar-refractivity contribution in [3.63, 3.8) is 0 Å². The number of hydrogen-bond donors (Lipinski definition) is 2. The molecule has 2 aromatic carbocycles. The zero-order valence-electron chi connectivity index (χ0n) is 16.3. The summed E-state index contributed by atoms with van der Waals surface area (Å²) < 4.78 is 1.29. The maximum atomic E-state index is 13.1. The van der Waals surface area contributed by atoms with E-state index in [0.29, 0.717) is 22.9 Å². The van der Waals surface area contributed by atoms with Crippen molar-refractivity contribution in [3.8, 4) is 0 Å². The zero-order valence-corrected chi connectivity index (χ0v) is 16.3. The average Bonchev–Trinajstić information content (AvgIpc) is 2.71. The van der Waals surface area contributed by atoms with E-state index in [1.54, 1.807) is 54.6 Å². The van der Waals surface area contributed by atoms with Crippen LogP contribution in [-0.4, -0.2) is 26.5 Å². The number of aromatic nitrogens is 2. The Balaban J connectivity index is 1.98. The van der Waals surface area contributed by atoms with Gasteiger partial charge in [0.2, 0.25) is 5.91 Å². The molecule has 0 aliphatic heterocycles. The van der Waals surface area contributed by atoms with Crippen LogP contribution in [0.3, 0.4) is 0 Å². The predicted octanol–water partition coefficient (Wildman–Crippen LogP) is 2.93. The van der Waals surface area contributed by atoms with Crippen molar-refractivity contribution in [2.75, 3.05) is 0 Å². The molecular formula is C22H23N3O4. The highest BCUT2D eigenvalue weighted by molar-refractivity contribution is 5.87. The first-order valence-electron chi connectivity index (χ1n) is 9.42. The van der Waals surface area contributed by atoms with Crippen LogP contribution in [-0.2, 0) is 9.59 Å². The number of carboxylic acid groups (broad SMARTS) is 1. The van der Waals surface area contributed by atoms with Gasteiger partial charge in [0, 0.05) is 0 Å². The standard InChI is InChI=1S/C22H23N3O4/c1-14(2)12-18(25-13-23-17-11-7-6-10-16(17)21(25)27)20(26)24-19(22(28)29)15-8-4-3-5-9-15/h3-11,13-14,18-19H,12H2,1-2H3,(H,24,26)(H,28,29)/t18-,19-/m0/s1. The maximum Gasteiger partial charge on any atom is 0.330 e. The maximum absolute atomic E-state index is 13.1. The van der Waals surface area contributed by atoms with Crippen molar-refractivity contribution >= 4 is 22.8 Å². The zero-order chi connectivity index (χ0) is 21.0. The third-order valence-electron chi connectivity index (χ3n) is 4.69. The van der Waals surface area contributed by atoms with Crippen molar-refractivity contribution in [2.45, 2.75) is 32.4 Å². The molecule has 3 aromatic rings. The van der Waals surface area contributed by atoms with E-state index in [2.05, 4.69) is 10.3 Å². The second kappa shape index (κ2) is 8.68. The van der Waals surface area contributed by atoms with E-state index in [1.165, 1.54) is 10.9 Å². The normalized spacial score (nSPS) is 13.2. The summed E-state index contributed by atoms with van der Waals surface area (Å²) in [6.07, 6.45) is 1.72. The topological polar surface area (TPSA) is 101 Å². The number of fused-ring (bicyclic) bond motifs is 1. The first-order chi connectivity index (χ1) is 13.9. The average molecular weight is 393 g/mol. The van der Waals surface area contributed by atoms with E-state index < -0.39 is 24.0 Å². The van der Waals surface area contributed by atoms with Crippen LogP contribution in [0.1, 0.15) is 37.9 Å². The predicted molar refractivity (Wildman–Crippen MR) is 109 cm³/mol. The molecule has 1 aromatic heterocycles. The molecule has 2 atom stereocenters. The Morgan fingerprint density at radius 1 is 1.07 bits per heavy atom. The number of carbonyl (C=O) groups is 2. The summed E-state index contributed by atoms with van der Waals surface area (Å²) in [5.74, 6) is -1.60. The Bertz CT molecular complexity index is 1080. The molecule has 1 heterocycles. The molecule has 0 saturated heterocycles. The van der Waals surface area contributed by atoms with Gasteiger partial charge in [0.1, 0.15) is 6.04 Å². The molecule has 7 heteroatoms. The molecule has 0 radical (unpaired) electrons. The highest BCUT2D eigenvalue weighted by Crippen LogP contribution is 2.20. The number of carbonyl (C=O) groups excluding carboxylic acids is 1. The molecule has 1 amide bonds. The number of nitrogens with zero attached hydrogens (tertiary/aromatic N) is 2. The van der Waals surface area contributed by atoms with Gasteiger partial charge in [0.25, 0.3) is 5.56 Å². The molecule has 7 nitrogen and oxygen atoms in total. The van der Waals surface area contributed by atoms with Crippen LogP contribution in [0.25, 0.3) is 10.9 Å². The summed E-state index contributed by atoms with van der Waals surface area (Å²) in [6.45, 7) is 3.87. The van der Waals surface area contributed by atoms with Crippen LogP contribution in [0.2, 0.25) is 0 Å². The van der Waals surface area contributed by atoms with Crippen LogP contribution in [0.15, 0.2) is 65.7 Å². The number of carboxylic acids is 1. The molecule has 0 aliphatic carbocycles. The van der Waals surface area contributed by atoms with E-state index in [0.717, 1.165) is 0 Å². The van der Waals surface area contributed by atoms with Gasteiger partial charge in [-0.2, -0.15) is 0 Å². The Kier molecular flexibility index (Phi) is 6.07. The summed E-state index contributed by atoms with van der Waals surface area (Å²) in [5.41, 5.74) is 0.675. The van der Waals surface area contributed by atoms with Crippen molar-refractivity contribution < 1.29 is 14.7 Å². The summed E-state index contributed by atoms with van der Waals surface area (Å²) in [7, 11) is 0. The van der Waals surface area contributed by atoms with Gasteiger partial charge in [-0.05, 0) is 30.0 Å². The number of rotatable bonds is 7. The fourth-order valence-corrected chi connectivity index (χ4v) is 3.27. The van der Waals surface area contributed by atoms with Crippen LogP contribution in [0, 0.1) is 5.92 Å². The van der Waals surface area contributed by atoms with Crippen LogP contribution < -0.4 is 10.9 Å². The molecular weight excluding hydrogens is 370 g/mol. The highest BCUT2D eigenvalue weighted by Gasteiger charge is 2.29. The molecule has 2 N–H and O–H groups in total. The monoisotopic (exact) mass is 393 g/mol. The van der Waals surface area contributed by atoms with Gasteiger partial charge in [0.15, 0.2) is 6.04 Å². The Labute approximate surface area is 168 Å². The number of nitrogens with one attached hydrogen (secondary N) is 1. The smallest absolute Gasteiger partial charge is 0.330 e. The number of amides is 1. The van der Waals surface area contributed by atoms with Crippen LogP contribution >= 0.6 is 0 Å². The van der Waals surface area contributed by atoms with Gasteiger partial charge in [-0.1, -0.05) is 56.3 Å². The Hall–Kier alpha value is -3.48. The summed E-state index contributed by atoms with van der Waals surface area (Å²) >= 11 is 0. The second-order valence-corrected chi connectivity index (χ2v) is 7.31. The summed E-state index contributed by atoms with van der Waals surface area (Å²) in [6, 6.07) is 13.3. The lowest BCUT2D eigenvalue weighted by molar-refractivity contribution is -0.142. The minimum atomic E-state index is -1.21. The SMILES string of the molecule is CC(C)C[C@@H](C(=O)N[C@H](C(=O)O)c1ccccc1)n1cnc2ccccc2c1=O. The third-order valence-corrected chi connectivity index (χ3v) is 4.69. The van der Waals surface area contributed by atoms with Gasteiger partial charge in [-0.15, -0.1) is 0 Å². The lowest BCUT2D eigenvalue weighted by Crippen LogP contribution is -2.41. The molecule has 0 unspecified atom stereocenters. The molecule has 3 rings (SSSR count). The minimum Gasteiger partial charge on any atom is -0.479 e. The lowest BCUT2D eigenvalue weighted by atomic mass is 10.0. The van der Waals surface area contributed by atoms with Gasteiger partial charge >= 0.3 is 5.97 Å². The quantitative estimate of drug-likeness (QED) is 0.643. The number of aliphatic carboxylic acids is 1. The van der Waals surface area contributed by atoms with Crippen molar-refractivity contribution in [1.29, 1.82) is 0 Å². The van der Waals surface area contributed by atoms with E-state index in [1.807, 2.05) is 13.8 Å². The van der Waals surface area contributed by atoms with Gasteiger partial charge in [-0.3, -0.25) is 14.2 Å². The molecule has 0 aliphatic rings. The van der Waals surface area contributed by atoms with E-state index in [9.17, 15) is 19.5 Å². The largest absolute Gasteiger partial charge is 0.479 e. The van der Waals surface area contributed by atoms with Crippen molar-refractivity contribution in [2.24, 2.45) is 5.92 Å². The molecule has 0 spiro atoms. The molecule has 0 bridgehead atoms. The highest BCUT2D eigenvalue weighted by atomic mass is 16.4. The van der Waals surface area contributed by atoms with Crippen molar-refractivity contribution in [3.05, 3.63) is 76.8 Å². The number of para-hydroxylation sites is 1. The van der Waals surface area contributed by atoms with Crippen LogP contribution in [0.5, 0.6) is 0 Å². The number of benzene rings is 2. The fourth-order valence-electron chi connectivity index (χ4n) is 3.27. The third kappa shape index (κ3) is 4.51. The fraction of sp³-hybridized carbons (Fsp3) is 0.273. The first kappa shape index (κ1) is 20.3. The second-order valence-electron chi connectivity index (χ2n) is 7.31.